The van der Waals surface area contributed by atoms with E-state index in [1.165, 1.54) is 21.3 Å². The van der Waals surface area contributed by atoms with Crippen molar-refractivity contribution >= 4 is 22.8 Å². The first-order valence-electron chi connectivity index (χ1n) is 10.1. The highest BCUT2D eigenvalue weighted by Gasteiger charge is 2.28. The third-order valence-corrected chi connectivity index (χ3v) is 5.88. The standard InChI is InChI=1S/C20H23FN6O3/c1-23-17-16(18(28)27(20(23)29)7-6-24-10-12-30-13-11-24)26-9-8-25(19(26)22-17)15-4-2-14(21)3-5-15/h2-5H,6-13H2,1H3. The summed E-state index contributed by atoms with van der Waals surface area (Å²) in [5.74, 6) is 0.284. The molecule has 0 spiro atoms. The highest BCUT2D eigenvalue weighted by Crippen LogP contribution is 2.31. The van der Waals surface area contributed by atoms with Gasteiger partial charge in [-0.3, -0.25) is 18.8 Å². The van der Waals surface area contributed by atoms with Crippen LogP contribution < -0.4 is 16.1 Å². The molecule has 1 aromatic carbocycles. The number of ether oxygens (including phenoxy) is 1. The van der Waals surface area contributed by atoms with E-state index < -0.39 is 0 Å². The largest absolute Gasteiger partial charge is 0.379 e. The molecule has 0 aliphatic carbocycles. The maximum atomic E-state index is 13.3. The van der Waals surface area contributed by atoms with Crippen molar-refractivity contribution in [2.75, 3.05) is 44.3 Å². The number of benzene rings is 1. The highest BCUT2D eigenvalue weighted by atomic mass is 19.1. The van der Waals surface area contributed by atoms with E-state index in [2.05, 4.69) is 9.88 Å². The van der Waals surface area contributed by atoms with Gasteiger partial charge < -0.3 is 14.2 Å². The first kappa shape index (κ1) is 19.0. The quantitative estimate of drug-likeness (QED) is 0.620. The Morgan fingerprint density at radius 3 is 2.50 bits per heavy atom. The van der Waals surface area contributed by atoms with Gasteiger partial charge in [0, 0.05) is 52.0 Å². The molecule has 2 aromatic heterocycles. The molecule has 1 fully saturated rings. The Hall–Kier alpha value is -2.98. The maximum absolute atomic E-state index is 13.3. The molecule has 10 heteroatoms. The van der Waals surface area contributed by atoms with Gasteiger partial charge in [-0.1, -0.05) is 0 Å². The number of hydrogen-bond donors (Lipinski definition) is 0. The molecule has 0 amide bonds. The second-order valence-electron chi connectivity index (χ2n) is 7.62. The minimum absolute atomic E-state index is 0.308. The topological polar surface area (TPSA) is 77.5 Å². The average molecular weight is 414 g/mol. The van der Waals surface area contributed by atoms with Crippen LogP contribution in [-0.4, -0.2) is 63.0 Å². The minimum Gasteiger partial charge on any atom is -0.379 e. The summed E-state index contributed by atoms with van der Waals surface area (Å²) in [6.07, 6.45) is 0. The summed E-state index contributed by atoms with van der Waals surface area (Å²) in [5.41, 5.74) is 0.906. The molecule has 0 unspecified atom stereocenters. The van der Waals surface area contributed by atoms with Crippen LogP contribution in [0.15, 0.2) is 33.9 Å². The van der Waals surface area contributed by atoms with Gasteiger partial charge in [-0.25, -0.2) is 9.18 Å². The molecule has 2 aliphatic heterocycles. The Bertz CT molecular complexity index is 1210. The molecule has 3 aromatic rings. The van der Waals surface area contributed by atoms with Crippen molar-refractivity contribution in [3.8, 4) is 0 Å². The lowest BCUT2D eigenvalue weighted by atomic mass is 10.3. The lowest BCUT2D eigenvalue weighted by Crippen LogP contribution is -2.44. The number of nitrogens with zero attached hydrogens (tertiary/aromatic N) is 6. The predicted molar refractivity (Wildman–Crippen MR) is 110 cm³/mol. The first-order chi connectivity index (χ1) is 14.5. The van der Waals surface area contributed by atoms with E-state index in [0.717, 1.165) is 18.8 Å². The fourth-order valence-electron chi connectivity index (χ4n) is 4.21. The summed E-state index contributed by atoms with van der Waals surface area (Å²) >= 11 is 0. The summed E-state index contributed by atoms with van der Waals surface area (Å²) in [6.45, 7) is 5.07. The predicted octanol–water partition coefficient (Wildman–Crippen LogP) is 0.520. The van der Waals surface area contributed by atoms with E-state index in [0.29, 0.717) is 56.5 Å². The summed E-state index contributed by atoms with van der Waals surface area (Å²) in [5, 5.41) is 0. The molecule has 30 heavy (non-hydrogen) atoms. The van der Waals surface area contributed by atoms with Gasteiger partial charge >= 0.3 is 5.69 Å². The Morgan fingerprint density at radius 2 is 1.77 bits per heavy atom. The van der Waals surface area contributed by atoms with E-state index >= 15 is 0 Å². The summed E-state index contributed by atoms with van der Waals surface area (Å²) in [4.78, 5) is 34.9. The molecule has 5 rings (SSSR count). The maximum Gasteiger partial charge on any atom is 0.332 e. The zero-order chi connectivity index (χ0) is 20.8. The third kappa shape index (κ3) is 3.03. The minimum atomic E-state index is -0.370. The number of halogens is 1. The van der Waals surface area contributed by atoms with Crippen LogP contribution in [0.1, 0.15) is 0 Å². The number of morpholine rings is 1. The Kier molecular flexibility index (Phi) is 4.67. The fourth-order valence-corrected chi connectivity index (χ4v) is 4.21. The number of anilines is 2. The van der Waals surface area contributed by atoms with Crippen LogP contribution in [0, 0.1) is 5.82 Å². The summed E-state index contributed by atoms with van der Waals surface area (Å²) < 4.78 is 23.2. The van der Waals surface area contributed by atoms with Crippen molar-refractivity contribution in [2.45, 2.75) is 13.1 Å². The van der Waals surface area contributed by atoms with Crippen molar-refractivity contribution in [2.24, 2.45) is 7.05 Å². The highest BCUT2D eigenvalue weighted by molar-refractivity contribution is 5.77. The second-order valence-corrected chi connectivity index (χ2v) is 7.62. The van der Waals surface area contributed by atoms with Gasteiger partial charge in [-0.2, -0.15) is 4.98 Å². The van der Waals surface area contributed by atoms with Crippen molar-refractivity contribution in [3.05, 3.63) is 50.9 Å². The van der Waals surface area contributed by atoms with Crippen molar-refractivity contribution in [3.63, 3.8) is 0 Å². The van der Waals surface area contributed by atoms with E-state index in [1.54, 1.807) is 19.2 Å². The van der Waals surface area contributed by atoms with Crippen LogP contribution in [0.5, 0.6) is 0 Å². The van der Waals surface area contributed by atoms with Gasteiger partial charge in [0.25, 0.3) is 5.56 Å². The normalized spacial score (nSPS) is 17.1. The van der Waals surface area contributed by atoms with Crippen molar-refractivity contribution in [1.29, 1.82) is 0 Å². The average Bonchev–Trinajstić information content (AvgIpc) is 3.33. The van der Waals surface area contributed by atoms with Gasteiger partial charge in [-0.15, -0.1) is 0 Å². The number of rotatable bonds is 4. The molecule has 0 radical (unpaired) electrons. The van der Waals surface area contributed by atoms with Gasteiger partial charge in [0.2, 0.25) is 5.95 Å². The van der Waals surface area contributed by atoms with Gasteiger partial charge in [0.15, 0.2) is 11.2 Å². The smallest absolute Gasteiger partial charge is 0.332 e. The molecule has 0 saturated carbocycles. The van der Waals surface area contributed by atoms with Crippen LogP contribution in [0.4, 0.5) is 16.0 Å². The lowest BCUT2D eigenvalue weighted by Gasteiger charge is -2.26. The molecule has 0 N–H and O–H groups in total. The third-order valence-electron chi connectivity index (χ3n) is 5.88. The van der Waals surface area contributed by atoms with Gasteiger partial charge in [0.1, 0.15) is 5.82 Å². The zero-order valence-electron chi connectivity index (χ0n) is 16.8. The van der Waals surface area contributed by atoms with E-state index in [9.17, 15) is 14.0 Å². The van der Waals surface area contributed by atoms with E-state index in [-0.39, 0.29) is 17.1 Å². The van der Waals surface area contributed by atoms with Gasteiger partial charge in [-0.05, 0) is 24.3 Å². The van der Waals surface area contributed by atoms with Crippen LogP contribution in [0.25, 0.3) is 11.2 Å². The van der Waals surface area contributed by atoms with Crippen molar-refractivity contribution < 1.29 is 9.13 Å². The fraction of sp³-hybridized carbons (Fsp3) is 0.450. The van der Waals surface area contributed by atoms with Crippen LogP contribution >= 0.6 is 0 Å². The first-order valence-corrected chi connectivity index (χ1v) is 10.1. The number of hydrogen-bond acceptors (Lipinski definition) is 6. The molecule has 0 atom stereocenters. The van der Waals surface area contributed by atoms with Gasteiger partial charge in [0.05, 0.1) is 13.2 Å². The molecule has 1 saturated heterocycles. The number of aryl methyl sites for hydroxylation is 1. The number of aromatic nitrogens is 4. The summed E-state index contributed by atoms with van der Waals surface area (Å²) in [6, 6.07) is 6.16. The van der Waals surface area contributed by atoms with Crippen LogP contribution in [-0.2, 0) is 24.9 Å². The van der Waals surface area contributed by atoms with Crippen molar-refractivity contribution in [1.82, 2.24) is 23.6 Å². The molecular formula is C20H23FN6O3. The monoisotopic (exact) mass is 414 g/mol. The number of imidazole rings is 1. The molecule has 0 bridgehead atoms. The Balaban J connectivity index is 1.55. The van der Waals surface area contributed by atoms with E-state index in [1.807, 2.05) is 9.47 Å². The lowest BCUT2D eigenvalue weighted by molar-refractivity contribution is 0.0361. The number of fused-ring (bicyclic) bond motifs is 3. The second kappa shape index (κ2) is 7.37. The Labute approximate surface area is 171 Å². The zero-order valence-corrected chi connectivity index (χ0v) is 16.8. The summed E-state index contributed by atoms with van der Waals surface area (Å²) in [7, 11) is 1.64. The molecular weight excluding hydrogens is 391 g/mol. The molecule has 2 aliphatic rings. The van der Waals surface area contributed by atoms with E-state index in [4.69, 9.17) is 4.74 Å². The van der Waals surface area contributed by atoms with Crippen LogP contribution in [0.2, 0.25) is 0 Å². The Morgan fingerprint density at radius 1 is 1.03 bits per heavy atom. The van der Waals surface area contributed by atoms with Crippen LogP contribution in [0.3, 0.4) is 0 Å². The molecule has 9 nitrogen and oxygen atoms in total. The molecule has 158 valence electrons. The molecule has 4 heterocycles. The SMILES string of the molecule is Cn1c(=O)n(CCN2CCOCC2)c(=O)c2c1nc1n2CCN1c1ccc(F)cc1.